The Kier molecular flexibility index (Phi) is 6.43. The maximum atomic E-state index is 12.4. The number of carboxylic acid groups (broad SMARTS) is 1. The average molecular weight is 451 g/mol. The lowest BCUT2D eigenvalue weighted by molar-refractivity contribution is -0.192. The summed E-state index contributed by atoms with van der Waals surface area (Å²) in [7, 11) is 0. The van der Waals surface area contributed by atoms with Crippen LogP contribution >= 0.6 is 22.7 Å². The standard InChI is InChI=1S/C17H11N3OS2.C2HF3O2/c21-16(20-17-19-12-5-1-2-6-14(12)23-17)15-8-7-13(22-15)11-4-3-9-18-10-11;3-2(4,5)1(6)7/h1-10H,(H,19,20,21);(H,6,7). The summed E-state index contributed by atoms with van der Waals surface area (Å²) >= 11 is 2.92. The molecule has 6 nitrogen and oxygen atoms in total. The van der Waals surface area contributed by atoms with Crippen molar-refractivity contribution in [2.24, 2.45) is 0 Å². The third-order valence-corrected chi connectivity index (χ3v) is 5.62. The van der Waals surface area contributed by atoms with E-state index < -0.39 is 12.1 Å². The Hall–Kier alpha value is -3.31. The van der Waals surface area contributed by atoms with Gasteiger partial charge in [-0.05, 0) is 30.3 Å². The van der Waals surface area contributed by atoms with Gasteiger partial charge in [-0.1, -0.05) is 29.5 Å². The third-order valence-electron chi connectivity index (χ3n) is 3.53. The van der Waals surface area contributed by atoms with E-state index in [4.69, 9.17) is 9.90 Å². The summed E-state index contributed by atoms with van der Waals surface area (Å²) in [5.74, 6) is -2.89. The highest BCUT2D eigenvalue weighted by molar-refractivity contribution is 7.22. The van der Waals surface area contributed by atoms with Crippen molar-refractivity contribution in [2.45, 2.75) is 6.18 Å². The monoisotopic (exact) mass is 451 g/mol. The Morgan fingerprint density at radius 3 is 2.37 bits per heavy atom. The Morgan fingerprint density at radius 2 is 1.73 bits per heavy atom. The quantitative estimate of drug-likeness (QED) is 0.441. The van der Waals surface area contributed by atoms with Crippen molar-refractivity contribution >= 4 is 49.9 Å². The normalized spacial score (nSPS) is 10.9. The van der Waals surface area contributed by atoms with Crippen molar-refractivity contribution in [1.82, 2.24) is 9.97 Å². The van der Waals surface area contributed by atoms with Crippen molar-refractivity contribution in [3.63, 3.8) is 0 Å². The fourth-order valence-corrected chi connectivity index (χ4v) is 3.96. The number of rotatable bonds is 3. The molecule has 0 aliphatic rings. The number of alkyl halides is 3. The summed E-state index contributed by atoms with van der Waals surface area (Å²) in [5.41, 5.74) is 1.91. The lowest BCUT2D eigenvalue weighted by Crippen LogP contribution is -2.21. The van der Waals surface area contributed by atoms with Crippen LogP contribution in [0.5, 0.6) is 0 Å². The number of thiophene rings is 1. The number of carboxylic acids is 1. The summed E-state index contributed by atoms with van der Waals surface area (Å²) in [4.78, 5) is 31.5. The van der Waals surface area contributed by atoms with E-state index in [1.165, 1.54) is 22.7 Å². The van der Waals surface area contributed by atoms with Crippen LogP contribution in [0.3, 0.4) is 0 Å². The third kappa shape index (κ3) is 5.39. The number of carbonyl (C=O) groups excluding carboxylic acids is 1. The second-order valence-corrected chi connectivity index (χ2v) is 7.76. The number of nitrogens with one attached hydrogen (secondary N) is 1. The average Bonchev–Trinajstić information content (AvgIpc) is 3.35. The number of hydrogen-bond acceptors (Lipinski definition) is 6. The number of para-hydroxylation sites is 1. The van der Waals surface area contributed by atoms with Crippen LogP contribution in [0.1, 0.15) is 9.67 Å². The minimum absolute atomic E-state index is 0.135. The van der Waals surface area contributed by atoms with Gasteiger partial charge in [0.05, 0.1) is 15.1 Å². The van der Waals surface area contributed by atoms with Crippen LogP contribution in [0.15, 0.2) is 60.9 Å². The van der Waals surface area contributed by atoms with Gasteiger partial charge < -0.3 is 5.11 Å². The molecule has 0 fully saturated rings. The molecule has 0 radical (unpaired) electrons. The molecule has 4 aromatic rings. The SMILES string of the molecule is O=C(Nc1nc2ccccc2s1)c1ccc(-c2cccnc2)s1.O=C(O)C(F)(F)F. The van der Waals surface area contributed by atoms with E-state index in [9.17, 15) is 18.0 Å². The van der Waals surface area contributed by atoms with E-state index in [2.05, 4.69) is 15.3 Å². The number of nitrogens with zero attached hydrogens (tertiary/aromatic N) is 2. The minimum atomic E-state index is -5.08. The van der Waals surface area contributed by atoms with Crippen LogP contribution in [0.25, 0.3) is 20.7 Å². The van der Waals surface area contributed by atoms with Crippen molar-refractivity contribution in [3.05, 3.63) is 65.8 Å². The Morgan fingerprint density at radius 1 is 1.00 bits per heavy atom. The summed E-state index contributed by atoms with van der Waals surface area (Å²) in [6.07, 6.45) is -1.56. The van der Waals surface area contributed by atoms with Crippen molar-refractivity contribution in [2.75, 3.05) is 5.32 Å². The molecular weight excluding hydrogens is 439 g/mol. The maximum absolute atomic E-state index is 12.4. The van der Waals surface area contributed by atoms with Crippen molar-refractivity contribution < 1.29 is 27.9 Å². The largest absolute Gasteiger partial charge is 0.490 e. The lowest BCUT2D eigenvalue weighted by Gasteiger charge is -1.98. The maximum Gasteiger partial charge on any atom is 0.490 e. The molecule has 30 heavy (non-hydrogen) atoms. The molecule has 3 heterocycles. The number of anilines is 1. The van der Waals surface area contributed by atoms with Gasteiger partial charge in [0.15, 0.2) is 5.13 Å². The van der Waals surface area contributed by atoms with Gasteiger partial charge in [-0.25, -0.2) is 9.78 Å². The highest BCUT2D eigenvalue weighted by Crippen LogP contribution is 2.29. The molecule has 0 aliphatic heterocycles. The van der Waals surface area contributed by atoms with Crippen molar-refractivity contribution in [3.8, 4) is 10.4 Å². The molecular formula is C19H12F3N3O3S2. The molecule has 154 valence electrons. The molecule has 0 aliphatic carbocycles. The molecule has 1 aromatic carbocycles. The Balaban J connectivity index is 0.000000318. The zero-order valence-corrected chi connectivity index (χ0v) is 16.5. The number of pyridine rings is 1. The van der Waals surface area contributed by atoms with E-state index in [1.54, 1.807) is 12.4 Å². The fourth-order valence-electron chi connectivity index (χ4n) is 2.21. The number of benzene rings is 1. The number of halogens is 3. The Labute approximate surface area is 175 Å². The first-order chi connectivity index (χ1) is 14.2. The van der Waals surface area contributed by atoms with Gasteiger partial charge in [0.2, 0.25) is 0 Å². The van der Waals surface area contributed by atoms with Crippen LogP contribution in [-0.4, -0.2) is 33.1 Å². The van der Waals surface area contributed by atoms with E-state index in [1.807, 2.05) is 48.5 Å². The van der Waals surface area contributed by atoms with E-state index in [-0.39, 0.29) is 5.91 Å². The van der Waals surface area contributed by atoms with Gasteiger partial charge in [-0.15, -0.1) is 11.3 Å². The molecule has 0 spiro atoms. The zero-order chi connectivity index (χ0) is 21.7. The highest BCUT2D eigenvalue weighted by Gasteiger charge is 2.38. The number of aromatic nitrogens is 2. The van der Waals surface area contributed by atoms with Crippen LogP contribution in [0.2, 0.25) is 0 Å². The number of hydrogen-bond donors (Lipinski definition) is 2. The van der Waals surface area contributed by atoms with Gasteiger partial charge >= 0.3 is 12.1 Å². The highest BCUT2D eigenvalue weighted by atomic mass is 32.1. The Bertz CT molecular complexity index is 1140. The fraction of sp³-hybridized carbons (Fsp3) is 0.0526. The van der Waals surface area contributed by atoms with Gasteiger partial charge in [0.25, 0.3) is 5.91 Å². The smallest absolute Gasteiger partial charge is 0.475 e. The number of carbonyl (C=O) groups is 2. The zero-order valence-electron chi connectivity index (χ0n) is 14.9. The van der Waals surface area contributed by atoms with Gasteiger partial charge in [-0.2, -0.15) is 13.2 Å². The minimum Gasteiger partial charge on any atom is -0.475 e. The first kappa shape index (κ1) is 21.4. The molecule has 2 N–H and O–H groups in total. The molecule has 0 saturated carbocycles. The topological polar surface area (TPSA) is 92.2 Å². The van der Waals surface area contributed by atoms with Crippen molar-refractivity contribution in [1.29, 1.82) is 0 Å². The van der Waals surface area contributed by atoms with E-state index >= 15 is 0 Å². The van der Waals surface area contributed by atoms with Crippen LogP contribution in [0.4, 0.5) is 18.3 Å². The van der Waals surface area contributed by atoms with Crippen LogP contribution in [-0.2, 0) is 4.79 Å². The number of fused-ring (bicyclic) bond motifs is 1. The first-order valence-corrected chi connectivity index (χ1v) is 9.84. The number of amides is 1. The number of aliphatic carboxylic acids is 1. The first-order valence-electron chi connectivity index (χ1n) is 8.21. The second kappa shape index (κ2) is 9.01. The van der Waals surface area contributed by atoms with Gasteiger partial charge in [0.1, 0.15) is 0 Å². The molecule has 0 saturated heterocycles. The number of thiazole rings is 1. The van der Waals surface area contributed by atoms with Gasteiger partial charge in [0, 0.05) is 22.8 Å². The summed E-state index contributed by atoms with van der Waals surface area (Å²) in [6, 6.07) is 15.5. The second-order valence-electron chi connectivity index (χ2n) is 5.65. The van der Waals surface area contributed by atoms with Crippen LogP contribution in [0, 0.1) is 0 Å². The predicted octanol–water partition coefficient (Wildman–Crippen LogP) is 5.31. The molecule has 3 aromatic heterocycles. The molecule has 1 amide bonds. The lowest BCUT2D eigenvalue weighted by atomic mass is 10.2. The molecule has 0 atom stereocenters. The molecule has 0 unspecified atom stereocenters. The molecule has 4 rings (SSSR count). The van der Waals surface area contributed by atoms with Crippen LogP contribution < -0.4 is 5.32 Å². The summed E-state index contributed by atoms with van der Waals surface area (Å²) in [5, 5.41) is 10.6. The predicted molar refractivity (Wildman–Crippen MR) is 109 cm³/mol. The summed E-state index contributed by atoms with van der Waals surface area (Å²) in [6.45, 7) is 0. The van der Waals surface area contributed by atoms with E-state index in [0.717, 1.165) is 20.7 Å². The van der Waals surface area contributed by atoms with E-state index in [0.29, 0.717) is 10.0 Å². The van der Waals surface area contributed by atoms with Gasteiger partial charge in [-0.3, -0.25) is 15.1 Å². The summed E-state index contributed by atoms with van der Waals surface area (Å²) < 4.78 is 32.8. The molecule has 0 bridgehead atoms. The molecule has 11 heteroatoms.